The standard InChI is InChI=1S/C21H14ClF3N2O3/c22-16-10-12(3-5-14(16)19-15(21(23,24)25)2-1-7-26-19)20(28)27-13-4-6-17-18(11-13)30-9-8-29-17/h1-7,10-11H,8-9H2,(H,27,28). The van der Waals surface area contributed by atoms with Crippen LogP contribution in [-0.2, 0) is 6.18 Å². The Kier molecular flexibility index (Phi) is 5.26. The van der Waals surface area contributed by atoms with E-state index in [1.165, 1.54) is 30.5 Å². The van der Waals surface area contributed by atoms with Crippen LogP contribution in [0.25, 0.3) is 11.3 Å². The van der Waals surface area contributed by atoms with E-state index in [0.29, 0.717) is 30.4 Å². The van der Waals surface area contributed by atoms with Gasteiger partial charge in [0, 0.05) is 29.1 Å². The van der Waals surface area contributed by atoms with Gasteiger partial charge in [0.15, 0.2) is 11.5 Å². The van der Waals surface area contributed by atoms with Crippen molar-refractivity contribution >= 4 is 23.2 Å². The predicted octanol–water partition coefficient (Wildman–Crippen LogP) is 5.44. The molecule has 1 aliphatic heterocycles. The van der Waals surface area contributed by atoms with Crippen LogP contribution < -0.4 is 14.8 Å². The SMILES string of the molecule is O=C(Nc1ccc2c(c1)OCCO2)c1ccc(-c2ncccc2C(F)(F)F)c(Cl)c1. The van der Waals surface area contributed by atoms with Crippen LogP contribution >= 0.6 is 11.6 Å². The van der Waals surface area contributed by atoms with Gasteiger partial charge in [-0.3, -0.25) is 9.78 Å². The van der Waals surface area contributed by atoms with Crippen LogP contribution in [0.5, 0.6) is 11.5 Å². The molecule has 1 N–H and O–H groups in total. The molecule has 9 heteroatoms. The molecule has 0 saturated carbocycles. The summed E-state index contributed by atoms with van der Waals surface area (Å²) in [7, 11) is 0. The number of alkyl halides is 3. The lowest BCUT2D eigenvalue weighted by Gasteiger charge is -2.19. The van der Waals surface area contributed by atoms with Crippen molar-refractivity contribution in [2.45, 2.75) is 6.18 Å². The number of fused-ring (bicyclic) bond motifs is 1. The fourth-order valence-corrected chi connectivity index (χ4v) is 3.29. The maximum Gasteiger partial charge on any atom is 0.418 e. The molecule has 0 unspecified atom stereocenters. The molecule has 2 heterocycles. The van der Waals surface area contributed by atoms with Gasteiger partial charge in [-0.05, 0) is 36.4 Å². The molecule has 0 atom stereocenters. The Bertz CT molecular complexity index is 1120. The molecule has 1 aliphatic rings. The second-order valence-corrected chi connectivity index (χ2v) is 6.81. The molecule has 0 aliphatic carbocycles. The molecule has 0 spiro atoms. The molecule has 30 heavy (non-hydrogen) atoms. The van der Waals surface area contributed by atoms with Crippen LogP contribution in [0.3, 0.4) is 0 Å². The molecular weight excluding hydrogens is 421 g/mol. The highest BCUT2D eigenvalue weighted by atomic mass is 35.5. The summed E-state index contributed by atoms with van der Waals surface area (Å²) in [6.45, 7) is 0.866. The summed E-state index contributed by atoms with van der Waals surface area (Å²) in [5.41, 5.74) is -0.452. The maximum absolute atomic E-state index is 13.3. The van der Waals surface area contributed by atoms with Crippen molar-refractivity contribution in [1.29, 1.82) is 0 Å². The van der Waals surface area contributed by atoms with Gasteiger partial charge in [0.25, 0.3) is 5.91 Å². The van der Waals surface area contributed by atoms with Crippen molar-refractivity contribution in [3.8, 4) is 22.8 Å². The predicted molar refractivity (Wildman–Crippen MR) is 105 cm³/mol. The van der Waals surface area contributed by atoms with Crippen LogP contribution in [0.4, 0.5) is 18.9 Å². The first-order valence-electron chi connectivity index (χ1n) is 8.86. The van der Waals surface area contributed by atoms with E-state index >= 15 is 0 Å². The van der Waals surface area contributed by atoms with Crippen molar-refractivity contribution in [3.63, 3.8) is 0 Å². The summed E-state index contributed by atoms with van der Waals surface area (Å²) in [6.07, 6.45) is -3.33. The Morgan fingerprint density at radius 2 is 1.80 bits per heavy atom. The number of ether oxygens (including phenoxy) is 2. The van der Waals surface area contributed by atoms with Crippen molar-refractivity contribution < 1.29 is 27.4 Å². The minimum atomic E-state index is -4.58. The summed E-state index contributed by atoms with van der Waals surface area (Å²) in [5.74, 6) is 0.627. The number of benzene rings is 2. The number of carbonyl (C=O) groups excluding carboxylic acids is 1. The number of nitrogens with one attached hydrogen (secondary N) is 1. The number of halogens is 4. The minimum Gasteiger partial charge on any atom is -0.486 e. The fourth-order valence-electron chi connectivity index (χ4n) is 3.02. The summed E-state index contributed by atoms with van der Waals surface area (Å²) in [5, 5.41) is 2.68. The molecule has 3 aromatic rings. The summed E-state index contributed by atoms with van der Waals surface area (Å²) in [6, 6.07) is 11.1. The van der Waals surface area contributed by atoms with Crippen molar-refractivity contribution in [2.75, 3.05) is 18.5 Å². The average molecular weight is 435 g/mol. The van der Waals surface area contributed by atoms with Crippen LogP contribution in [0, 0.1) is 0 Å². The van der Waals surface area contributed by atoms with Crippen molar-refractivity contribution in [3.05, 3.63) is 70.9 Å². The van der Waals surface area contributed by atoms with E-state index in [0.717, 1.165) is 6.07 Å². The molecule has 154 valence electrons. The number of carbonyl (C=O) groups is 1. The second kappa shape index (κ2) is 7.87. The maximum atomic E-state index is 13.3. The van der Waals surface area contributed by atoms with Gasteiger partial charge >= 0.3 is 6.18 Å². The van der Waals surface area contributed by atoms with E-state index < -0.39 is 17.6 Å². The molecule has 1 aromatic heterocycles. The lowest BCUT2D eigenvalue weighted by Crippen LogP contribution is -2.16. The number of nitrogens with zero attached hydrogens (tertiary/aromatic N) is 1. The van der Waals surface area contributed by atoms with Crippen LogP contribution in [-0.4, -0.2) is 24.1 Å². The largest absolute Gasteiger partial charge is 0.486 e. The zero-order valence-corrected chi connectivity index (χ0v) is 16.1. The Hall–Kier alpha value is -3.26. The average Bonchev–Trinajstić information content (AvgIpc) is 2.73. The van der Waals surface area contributed by atoms with Gasteiger partial charge in [0.2, 0.25) is 0 Å². The van der Waals surface area contributed by atoms with Gasteiger partial charge < -0.3 is 14.8 Å². The van der Waals surface area contributed by atoms with Crippen LogP contribution in [0.2, 0.25) is 5.02 Å². The van der Waals surface area contributed by atoms with Gasteiger partial charge in [-0.25, -0.2) is 0 Å². The highest BCUT2D eigenvalue weighted by molar-refractivity contribution is 6.33. The zero-order valence-electron chi connectivity index (χ0n) is 15.3. The first-order valence-corrected chi connectivity index (χ1v) is 9.24. The Morgan fingerprint density at radius 3 is 2.53 bits per heavy atom. The molecule has 0 fully saturated rings. The third-order valence-corrected chi connectivity index (χ3v) is 4.71. The number of hydrogen-bond donors (Lipinski definition) is 1. The number of rotatable bonds is 3. The lowest BCUT2D eigenvalue weighted by atomic mass is 10.0. The third-order valence-electron chi connectivity index (χ3n) is 4.40. The number of pyridine rings is 1. The van der Waals surface area contributed by atoms with E-state index in [9.17, 15) is 18.0 Å². The second-order valence-electron chi connectivity index (χ2n) is 6.40. The van der Waals surface area contributed by atoms with E-state index in [1.54, 1.807) is 18.2 Å². The first kappa shape index (κ1) is 20.0. The Morgan fingerprint density at radius 1 is 1.03 bits per heavy atom. The monoisotopic (exact) mass is 434 g/mol. The van der Waals surface area contributed by atoms with Crippen LogP contribution in [0.1, 0.15) is 15.9 Å². The topological polar surface area (TPSA) is 60.5 Å². The number of hydrogen-bond acceptors (Lipinski definition) is 4. The summed E-state index contributed by atoms with van der Waals surface area (Å²) in [4.78, 5) is 16.4. The molecule has 4 rings (SSSR count). The number of anilines is 1. The zero-order chi connectivity index (χ0) is 21.3. The summed E-state index contributed by atoms with van der Waals surface area (Å²) >= 11 is 6.20. The normalized spacial score (nSPS) is 13.1. The number of aromatic nitrogens is 1. The van der Waals surface area contributed by atoms with Gasteiger partial charge in [0.05, 0.1) is 16.3 Å². The molecule has 0 saturated heterocycles. The molecule has 5 nitrogen and oxygen atoms in total. The first-order chi connectivity index (χ1) is 14.3. The minimum absolute atomic E-state index is 0.0194. The van der Waals surface area contributed by atoms with Crippen molar-refractivity contribution in [2.24, 2.45) is 0 Å². The van der Waals surface area contributed by atoms with Gasteiger partial charge in [-0.1, -0.05) is 17.7 Å². The quantitative estimate of drug-likeness (QED) is 0.596. The number of amides is 1. The molecule has 0 radical (unpaired) electrons. The third kappa shape index (κ3) is 4.04. The Balaban J connectivity index is 1.59. The lowest BCUT2D eigenvalue weighted by molar-refractivity contribution is -0.137. The highest BCUT2D eigenvalue weighted by Crippen LogP contribution is 2.38. The van der Waals surface area contributed by atoms with E-state index in [2.05, 4.69) is 10.3 Å². The fraction of sp³-hybridized carbons (Fsp3) is 0.143. The van der Waals surface area contributed by atoms with E-state index in [4.69, 9.17) is 21.1 Å². The molecular formula is C21H14ClF3N2O3. The summed E-state index contributed by atoms with van der Waals surface area (Å²) < 4.78 is 50.7. The smallest absolute Gasteiger partial charge is 0.418 e. The Labute approximate surface area is 174 Å². The van der Waals surface area contributed by atoms with Crippen LogP contribution in [0.15, 0.2) is 54.7 Å². The van der Waals surface area contributed by atoms with E-state index in [1.807, 2.05) is 0 Å². The molecule has 1 amide bonds. The van der Waals surface area contributed by atoms with Gasteiger partial charge in [-0.2, -0.15) is 13.2 Å². The van der Waals surface area contributed by atoms with Crippen molar-refractivity contribution in [1.82, 2.24) is 4.98 Å². The highest BCUT2D eigenvalue weighted by Gasteiger charge is 2.34. The molecule has 2 aromatic carbocycles. The van der Waals surface area contributed by atoms with E-state index in [-0.39, 0.29) is 21.8 Å². The van der Waals surface area contributed by atoms with Gasteiger partial charge in [-0.15, -0.1) is 0 Å². The van der Waals surface area contributed by atoms with Gasteiger partial charge in [0.1, 0.15) is 13.2 Å². The molecule has 0 bridgehead atoms.